The molecule has 3 heterocycles. The van der Waals surface area contributed by atoms with Gasteiger partial charge < -0.3 is 14.5 Å². The fourth-order valence-corrected chi connectivity index (χ4v) is 5.64. The van der Waals surface area contributed by atoms with Gasteiger partial charge in [-0.2, -0.15) is 0 Å². The van der Waals surface area contributed by atoms with Gasteiger partial charge in [-0.25, -0.2) is 13.2 Å². The minimum absolute atomic E-state index is 0.0403. The summed E-state index contributed by atoms with van der Waals surface area (Å²) >= 11 is 6.31. The van der Waals surface area contributed by atoms with Crippen LogP contribution < -0.4 is 0 Å². The molecule has 0 unspecified atom stereocenters. The molecule has 33 heavy (non-hydrogen) atoms. The normalized spacial score (nSPS) is 27.7. The van der Waals surface area contributed by atoms with Crippen LogP contribution in [-0.4, -0.2) is 65.9 Å². The van der Waals surface area contributed by atoms with Gasteiger partial charge in [-0.3, -0.25) is 9.59 Å². The lowest BCUT2D eigenvalue weighted by molar-refractivity contribution is -0.224. The van der Waals surface area contributed by atoms with Crippen LogP contribution in [0, 0.1) is 17.2 Å². The zero-order valence-electron chi connectivity index (χ0n) is 18.8. The molecule has 5 nitrogen and oxygen atoms in total. The molecular weight excluding hydrogens is 457 g/mol. The number of ether oxygens (including phenoxy) is 1. The maximum absolute atomic E-state index is 15.2. The second-order valence-corrected chi connectivity index (χ2v) is 10.5. The molecule has 0 bridgehead atoms. The first kappa shape index (κ1) is 24.1. The SMILES string of the molecule is C=CC(=O)N1CC2(CCN(C(=O)[C@@H]3COC(C)(C)C[C@H]3c3ccc(F)cc3Cl)CC2(F)F)C1. The average molecular weight is 485 g/mol. The molecule has 4 rings (SSSR count). The number of benzene rings is 1. The summed E-state index contributed by atoms with van der Waals surface area (Å²) in [5, 5.41) is 0.208. The molecule has 0 aliphatic carbocycles. The molecule has 1 aromatic carbocycles. The van der Waals surface area contributed by atoms with Crippen molar-refractivity contribution in [3.63, 3.8) is 0 Å². The molecule has 3 saturated heterocycles. The van der Waals surface area contributed by atoms with Crippen molar-refractivity contribution in [2.45, 2.75) is 44.1 Å². The smallest absolute Gasteiger partial charge is 0.274 e. The first-order chi connectivity index (χ1) is 15.4. The summed E-state index contributed by atoms with van der Waals surface area (Å²) in [6, 6.07) is 4.05. The number of hydrogen-bond acceptors (Lipinski definition) is 3. The zero-order chi connectivity index (χ0) is 24.2. The number of nitrogens with zero attached hydrogens (tertiary/aromatic N) is 2. The Morgan fingerprint density at radius 2 is 1.91 bits per heavy atom. The lowest BCUT2D eigenvalue weighted by atomic mass is 9.68. The molecule has 0 N–H and O–H groups in total. The number of alkyl halides is 2. The van der Waals surface area contributed by atoms with Crippen LogP contribution in [0.4, 0.5) is 13.2 Å². The van der Waals surface area contributed by atoms with Gasteiger partial charge >= 0.3 is 0 Å². The van der Waals surface area contributed by atoms with Crippen LogP contribution in [0.3, 0.4) is 0 Å². The summed E-state index contributed by atoms with van der Waals surface area (Å²) < 4.78 is 49.9. The molecule has 2 atom stereocenters. The van der Waals surface area contributed by atoms with E-state index in [4.69, 9.17) is 16.3 Å². The maximum Gasteiger partial charge on any atom is 0.274 e. The number of halogens is 4. The molecule has 0 saturated carbocycles. The molecule has 0 aromatic heterocycles. The van der Waals surface area contributed by atoms with Crippen molar-refractivity contribution in [1.82, 2.24) is 9.80 Å². The highest BCUT2D eigenvalue weighted by atomic mass is 35.5. The predicted octanol–water partition coefficient (Wildman–Crippen LogP) is 4.26. The van der Waals surface area contributed by atoms with Crippen molar-refractivity contribution in [1.29, 1.82) is 0 Å². The van der Waals surface area contributed by atoms with E-state index in [0.29, 0.717) is 12.0 Å². The first-order valence-electron chi connectivity index (χ1n) is 11.0. The topological polar surface area (TPSA) is 49.9 Å². The largest absolute Gasteiger partial charge is 0.375 e. The Balaban J connectivity index is 1.53. The summed E-state index contributed by atoms with van der Waals surface area (Å²) in [5.74, 6) is -5.48. The molecule has 3 aliphatic heterocycles. The molecule has 180 valence electrons. The number of amides is 2. The van der Waals surface area contributed by atoms with Crippen LogP contribution in [0.1, 0.15) is 38.2 Å². The first-order valence-corrected chi connectivity index (χ1v) is 11.4. The Morgan fingerprint density at radius 3 is 2.52 bits per heavy atom. The Morgan fingerprint density at radius 1 is 1.21 bits per heavy atom. The quantitative estimate of drug-likeness (QED) is 0.602. The van der Waals surface area contributed by atoms with Crippen molar-refractivity contribution < 1.29 is 27.5 Å². The number of hydrogen-bond donors (Lipinski definition) is 0. The third-order valence-corrected chi connectivity index (χ3v) is 7.67. The molecular formula is C24H28ClF3N2O3. The minimum Gasteiger partial charge on any atom is -0.375 e. The van der Waals surface area contributed by atoms with E-state index in [1.54, 1.807) is 6.07 Å². The average Bonchev–Trinajstić information content (AvgIpc) is 2.70. The fraction of sp³-hybridized carbons (Fsp3) is 0.583. The van der Waals surface area contributed by atoms with Crippen LogP contribution in [-0.2, 0) is 14.3 Å². The predicted molar refractivity (Wildman–Crippen MR) is 118 cm³/mol. The van der Waals surface area contributed by atoms with E-state index in [9.17, 15) is 14.0 Å². The van der Waals surface area contributed by atoms with Gasteiger partial charge in [-0.05, 0) is 50.5 Å². The summed E-state index contributed by atoms with van der Waals surface area (Å²) in [6.07, 6.45) is 1.67. The lowest BCUT2D eigenvalue weighted by Crippen LogP contribution is -2.71. The Hall–Kier alpha value is -2.06. The van der Waals surface area contributed by atoms with Crippen molar-refractivity contribution in [3.8, 4) is 0 Å². The molecule has 3 fully saturated rings. The van der Waals surface area contributed by atoms with Gasteiger partial charge in [0.05, 0.1) is 30.1 Å². The fourth-order valence-electron chi connectivity index (χ4n) is 5.33. The number of likely N-dealkylation sites (tertiary alicyclic amines) is 2. The van der Waals surface area contributed by atoms with Gasteiger partial charge in [0.1, 0.15) is 5.82 Å². The van der Waals surface area contributed by atoms with Gasteiger partial charge in [-0.1, -0.05) is 24.2 Å². The molecule has 1 aromatic rings. The van der Waals surface area contributed by atoms with Gasteiger partial charge in [0, 0.05) is 30.6 Å². The van der Waals surface area contributed by atoms with Crippen LogP contribution >= 0.6 is 11.6 Å². The highest BCUT2D eigenvalue weighted by Gasteiger charge is 2.64. The second kappa shape index (κ2) is 8.31. The number of piperidine rings is 1. The van der Waals surface area contributed by atoms with Gasteiger partial charge in [0.15, 0.2) is 0 Å². The standard InChI is InChI=1S/C24H28ClF3N2O3/c1-4-20(31)30-12-23(13-30)7-8-29(14-24(23,27)28)21(32)18-11-33-22(2,3)10-17(18)16-6-5-15(26)9-19(16)25/h4-6,9,17-18H,1,7-8,10-14H2,2-3H3/t17-,18+/m0/s1. The number of carbonyl (C=O) groups excluding carboxylic acids is 2. The lowest BCUT2D eigenvalue weighted by Gasteiger charge is -2.57. The third kappa shape index (κ3) is 4.28. The van der Waals surface area contributed by atoms with E-state index < -0.39 is 41.1 Å². The van der Waals surface area contributed by atoms with Gasteiger partial charge in [0.2, 0.25) is 11.8 Å². The zero-order valence-corrected chi connectivity index (χ0v) is 19.5. The van der Waals surface area contributed by atoms with E-state index in [1.807, 2.05) is 13.8 Å². The number of carbonyl (C=O) groups is 2. The van der Waals surface area contributed by atoms with E-state index in [2.05, 4.69) is 6.58 Å². The summed E-state index contributed by atoms with van der Waals surface area (Å²) in [4.78, 5) is 27.8. The van der Waals surface area contributed by atoms with E-state index in [1.165, 1.54) is 21.9 Å². The van der Waals surface area contributed by atoms with Crippen molar-refractivity contribution in [3.05, 3.63) is 47.3 Å². The molecule has 0 radical (unpaired) electrons. The molecule has 1 spiro atoms. The van der Waals surface area contributed by atoms with Crippen LogP contribution in [0.5, 0.6) is 0 Å². The van der Waals surface area contributed by atoms with Crippen molar-refractivity contribution in [2.24, 2.45) is 11.3 Å². The van der Waals surface area contributed by atoms with E-state index in [-0.39, 0.29) is 49.5 Å². The molecule has 9 heteroatoms. The Bertz CT molecular complexity index is 978. The van der Waals surface area contributed by atoms with Gasteiger partial charge in [-0.15, -0.1) is 0 Å². The third-order valence-electron chi connectivity index (χ3n) is 7.34. The highest BCUT2D eigenvalue weighted by molar-refractivity contribution is 6.31. The van der Waals surface area contributed by atoms with E-state index in [0.717, 1.165) is 6.08 Å². The minimum atomic E-state index is -3.13. The maximum atomic E-state index is 15.2. The van der Waals surface area contributed by atoms with Crippen molar-refractivity contribution >= 4 is 23.4 Å². The van der Waals surface area contributed by atoms with Crippen LogP contribution in [0.15, 0.2) is 30.9 Å². The monoisotopic (exact) mass is 484 g/mol. The number of rotatable bonds is 3. The molecule has 3 aliphatic rings. The second-order valence-electron chi connectivity index (χ2n) is 10.0. The Kier molecular flexibility index (Phi) is 6.06. The van der Waals surface area contributed by atoms with Crippen molar-refractivity contribution in [2.75, 3.05) is 32.8 Å². The summed E-state index contributed by atoms with van der Waals surface area (Å²) in [7, 11) is 0. The van der Waals surface area contributed by atoms with Gasteiger partial charge in [0.25, 0.3) is 5.92 Å². The highest BCUT2D eigenvalue weighted by Crippen LogP contribution is 2.51. The summed E-state index contributed by atoms with van der Waals surface area (Å²) in [6.45, 7) is 6.65. The van der Waals surface area contributed by atoms with Crippen LogP contribution in [0.25, 0.3) is 0 Å². The molecule has 2 amide bonds. The van der Waals surface area contributed by atoms with Crippen LogP contribution in [0.2, 0.25) is 5.02 Å². The Labute approximate surface area is 196 Å². The summed E-state index contributed by atoms with van der Waals surface area (Å²) in [5.41, 5.74) is -1.24. The van der Waals surface area contributed by atoms with E-state index >= 15 is 8.78 Å².